The average molecular weight is 382 g/mol. The van der Waals surface area contributed by atoms with Crippen molar-refractivity contribution in [1.29, 1.82) is 0 Å². The molecule has 0 unspecified atom stereocenters. The van der Waals surface area contributed by atoms with Crippen molar-refractivity contribution in [3.63, 3.8) is 0 Å². The Morgan fingerprint density at radius 1 is 1.40 bits per heavy atom. The van der Waals surface area contributed by atoms with Crippen LogP contribution in [-0.4, -0.2) is 38.6 Å². The van der Waals surface area contributed by atoms with E-state index in [1.807, 2.05) is 0 Å². The first-order valence-corrected chi connectivity index (χ1v) is 7.53. The Kier molecular flexibility index (Phi) is 3.96. The van der Waals surface area contributed by atoms with E-state index in [1.165, 1.54) is 0 Å². The summed E-state index contributed by atoms with van der Waals surface area (Å²) in [6.45, 7) is -0.228. The van der Waals surface area contributed by atoms with Crippen LogP contribution >= 0.6 is 39.1 Å². The van der Waals surface area contributed by atoms with E-state index in [2.05, 4.69) is 20.9 Å². The van der Waals surface area contributed by atoms with Crippen LogP contribution in [0.25, 0.3) is 11.0 Å². The molecule has 3 rings (SSSR count). The fourth-order valence-electron chi connectivity index (χ4n) is 2.37. The molecule has 0 saturated carbocycles. The molecule has 5 nitrogen and oxygen atoms in total. The lowest BCUT2D eigenvalue weighted by Gasteiger charge is -2.15. The normalized spacial score (nSPS) is 26.6. The molecule has 3 atom stereocenters. The molecule has 1 aromatic carbocycles. The van der Waals surface area contributed by atoms with Crippen molar-refractivity contribution in [2.24, 2.45) is 0 Å². The number of nitrogens with zero attached hydrogens (tertiary/aromatic N) is 2. The summed E-state index contributed by atoms with van der Waals surface area (Å²) in [5.74, 6) is 0. The molecule has 1 saturated heterocycles. The monoisotopic (exact) mass is 380 g/mol. The van der Waals surface area contributed by atoms with Gasteiger partial charge in [0.25, 0.3) is 0 Å². The van der Waals surface area contributed by atoms with Crippen molar-refractivity contribution in [2.75, 3.05) is 6.61 Å². The summed E-state index contributed by atoms with van der Waals surface area (Å²) in [5, 5.41) is 19.8. The molecule has 1 fully saturated rings. The largest absolute Gasteiger partial charge is 0.394 e. The molecule has 0 aliphatic carbocycles. The molecular weight excluding hydrogens is 371 g/mol. The van der Waals surface area contributed by atoms with Crippen molar-refractivity contribution in [1.82, 2.24) is 9.55 Å². The van der Waals surface area contributed by atoms with Crippen LogP contribution in [0.3, 0.4) is 0 Å². The summed E-state index contributed by atoms with van der Waals surface area (Å²) in [6, 6.07) is 3.38. The van der Waals surface area contributed by atoms with Gasteiger partial charge in [-0.25, -0.2) is 4.98 Å². The lowest BCUT2D eigenvalue weighted by Crippen LogP contribution is -2.24. The molecule has 108 valence electrons. The second kappa shape index (κ2) is 5.44. The highest BCUT2D eigenvalue weighted by Gasteiger charge is 2.36. The maximum absolute atomic E-state index is 9.84. The molecule has 0 bridgehead atoms. The van der Waals surface area contributed by atoms with Crippen molar-refractivity contribution < 1.29 is 14.9 Å². The smallest absolute Gasteiger partial charge is 0.180 e. The SMILES string of the molecule is OC[C@@H]1O[C@H](n2c(Br)nc3cc(Cl)c(Cl)cc32)C[C@H]1O. The number of imidazole rings is 1. The molecule has 0 radical (unpaired) electrons. The predicted octanol–water partition coefficient (Wildman–Crippen LogP) is 2.75. The van der Waals surface area contributed by atoms with E-state index in [1.54, 1.807) is 16.7 Å². The summed E-state index contributed by atoms with van der Waals surface area (Å²) >= 11 is 15.4. The van der Waals surface area contributed by atoms with Gasteiger partial charge < -0.3 is 14.9 Å². The number of aromatic nitrogens is 2. The molecule has 1 aromatic heterocycles. The molecule has 20 heavy (non-hydrogen) atoms. The Labute approximate surface area is 133 Å². The number of hydrogen-bond acceptors (Lipinski definition) is 4. The zero-order valence-electron chi connectivity index (χ0n) is 10.1. The van der Waals surface area contributed by atoms with Crippen LogP contribution < -0.4 is 0 Å². The van der Waals surface area contributed by atoms with Gasteiger partial charge >= 0.3 is 0 Å². The van der Waals surface area contributed by atoms with E-state index < -0.39 is 18.4 Å². The molecule has 8 heteroatoms. The van der Waals surface area contributed by atoms with Crippen LogP contribution in [0, 0.1) is 0 Å². The number of aliphatic hydroxyl groups excluding tert-OH is 2. The van der Waals surface area contributed by atoms with E-state index in [0.29, 0.717) is 26.7 Å². The predicted molar refractivity (Wildman–Crippen MR) is 79.1 cm³/mol. The molecular formula is C12H11BrCl2N2O3. The number of hydrogen-bond donors (Lipinski definition) is 2. The summed E-state index contributed by atoms with van der Waals surface area (Å²) < 4.78 is 7.99. The number of fused-ring (bicyclic) bond motifs is 1. The van der Waals surface area contributed by atoms with Crippen LogP contribution in [0.5, 0.6) is 0 Å². The summed E-state index contributed by atoms with van der Waals surface area (Å²) in [7, 11) is 0. The number of aliphatic hydroxyl groups is 2. The highest BCUT2D eigenvalue weighted by Crippen LogP contribution is 2.36. The molecule has 0 spiro atoms. The number of halogens is 3. The van der Waals surface area contributed by atoms with Crippen molar-refractivity contribution in [3.8, 4) is 0 Å². The Morgan fingerprint density at radius 2 is 2.10 bits per heavy atom. The first-order valence-electron chi connectivity index (χ1n) is 5.98. The van der Waals surface area contributed by atoms with E-state index in [-0.39, 0.29) is 6.61 Å². The van der Waals surface area contributed by atoms with Crippen LogP contribution in [0.2, 0.25) is 10.0 Å². The summed E-state index contributed by atoms with van der Waals surface area (Å²) in [4.78, 5) is 4.35. The second-order valence-electron chi connectivity index (χ2n) is 4.62. The van der Waals surface area contributed by atoms with Gasteiger partial charge in [0.1, 0.15) is 12.3 Å². The summed E-state index contributed by atoms with van der Waals surface area (Å²) in [5.41, 5.74) is 1.43. The van der Waals surface area contributed by atoms with Crippen LogP contribution in [0.15, 0.2) is 16.9 Å². The van der Waals surface area contributed by atoms with Crippen LogP contribution in [0.1, 0.15) is 12.6 Å². The van der Waals surface area contributed by atoms with Gasteiger partial charge in [-0.2, -0.15) is 0 Å². The van der Waals surface area contributed by atoms with Crippen LogP contribution in [-0.2, 0) is 4.74 Å². The van der Waals surface area contributed by atoms with Gasteiger partial charge in [0.15, 0.2) is 4.73 Å². The molecule has 1 aliphatic rings. The third kappa shape index (κ3) is 2.34. The van der Waals surface area contributed by atoms with Gasteiger partial charge in [-0.3, -0.25) is 4.57 Å². The molecule has 2 aromatic rings. The van der Waals surface area contributed by atoms with Crippen LogP contribution in [0.4, 0.5) is 0 Å². The van der Waals surface area contributed by atoms with Crippen molar-refractivity contribution in [3.05, 3.63) is 26.9 Å². The van der Waals surface area contributed by atoms with Gasteiger partial charge in [0.05, 0.1) is 33.8 Å². The minimum absolute atomic E-state index is 0.228. The first kappa shape index (κ1) is 14.6. The minimum atomic E-state index is -0.711. The number of benzene rings is 1. The van der Waals surface area contributed by atoms with Gasteiger partial charge in [0.2, 0.25) is 0 Å². The highest BCUT2D eigenvalue weighted by molar-refractivity contribution is 9.10. The van der Waals surface area contributed by atoms with Gasteiger partial charge in [-0.05, 0) is 28.1 Å². The topological polar surface area (TPSA) is 67.5 Å². The van der Waals surface area contributed by atoms with E-state index in [9.17, 15) is 5.11 Å². The lowest BCUT2D eigenvalue weighted by molar-refractivity contribution is -0.0437. The maximum Gasteiger partial charge on any atom is 0.180 e. The molecule has 0 amide bonds. The second-order valence-corrected chi connectivity index (χ2v) is 6.14. The third-order valence-corrected chi connectivity index (χ3v) is 4.64. The standard InChI is InChI=1S/C12H11BrCl2N2O3/c13-12-16-7-1-5(14)6(15)2-8(7)17(12)11-3-9(19)10(4-18)20-11/h1-2,9-11,18-19H,3-4H2/t9-,10+,11+/m1/s1. The fourth-order valence-corrected chi connectivity index (χ4v) is 3.30. The van der Waals surface area contributed by atoms with E-state index in [4.69, 9.17) is 33.0 Å². The molecule has 1 aliphatic heterocycles. The quantitative estimate of drug-likeness (QED) is 0.839. The van der Waals surface area contributed by atoms with Gasteiger partial charge in [0, 0.05) is 6.42 Å². The van der Waals surface area contributed by atoms with E-state index in [0.717, 1.165) is 5.52 Å². The number of rotatable bonds is 2. The first-order chi connectivity index (χ1) is 9.51. The fraction of sp³-hybridized carbons (Fsp3) is 0.417. The Balaban J connectivity index is 2.08. The van der Waals surface area contributed by atoms with E-state index >= 15 is 0 Å². The molecule has 2 N–H and O–H groups in total. The van der Waals surface area contributed by atoms with Gasteiger partial charge in [-0.15, -0.1) is 0 Å². The van der Waals surface area contributed by atoms with Crippen molar-refractivity contribution in [2.45, 2.75) is 24.9 Å². The lowest BCUT2D eigenvalue weighted by atomic mass is 10.2. The minimum Gasteiger partial charge on any atom is -0.394 e. The summed E-state index contributed by atoms with van der Waals surface area (Å²) in [6.07, 6.45) is -1.35. The average Bonchev–Trinajstić information content (AvgIpc) is 2.90. The highest BCUT2D eigenvalue weighted by atomic mass is 79.9. The number of ether oxygens (including phenoxy) is 1. The third-order valence-electron chi connectivity index (χ3n) is 3.36. The Hall–Kier alpha value is -0.370. The Bertz CT molecular complexity index is 664. The van der Waals surface area contributed by atoms with Crippen molar-refractivity contribution >= 4 is 50.2 Å². The van der Waals surface area contributed by atoms with Gasteiger partial charge in [-0.1, -0.05) is 23.2 Å². The Morgan fingerprint density at radius 3 is 2.75 bits per heavy atom. The zero-order chi connectivity index (χ0) is 14.4. The zero-order valence-corrected chi connectivity index (χ0v) is 13.2. The molecule has 2 heterocycles. The maximum atomic E-state index is 9.84.